The molecule has 2 aliphatic heterocycles. The fraction of sp³-hybridized carbons (Fsp3) is 0.650. The molecule has 6 nitrogen and oxygen atoms in total. The van der Waals surface area contributed by atoms with Gasteiger partial charge in [0.1, 0.15) is 5.75 Å². The van der Waals surface area contributed by atoms with E-state index in [1.807, 2.05) is 32.9 Å². The summed E-state index contributed by atoms with van der Waals surface area (Å²) in [4.78, 5) is 14.1. The number of benzene rings is 1. The van der Waals surface area contributed by atoms with Crippen molar-refractivity contribution in [2.45, 2.75) is 70.6 Å². The number of hydrogen-bond donors (Lipinski definition) is 0. The Balaban J connectivity index is 1.76. The van der Waals surface area contributed by atoms with Gasteiger partial charge in [-0.1, -0.05) is 6.07 Å². The number of amides is 1. The van der Waals surface area contributed by atoms with Gasteiger partial charge < -0.3 is 18.8 Å². The summed E-state index contributed by atoms with van der Waals surface area (Å²) < 4.78 is 23.5. The van der Waals surface area contributed by atoms with Crippen molar-refractivity contribution >= 4 is 24.4 Å². The SMILES string of the molecule is COC(=O)N1c2ccc(B3OCC(C)(C)O3)c(OC3CCC3)c2CCC1C. The lowest BCUT2D eigenvalue weighted by molar-refractivity contribution is 0.119. The van der Waals surface area contributed by atoms with E-state index in [0.29, 0.717) is 6.61 Å². The van der Waals surface area contributed by atoms with Crippen LogP contribution >= 0.6 is 0 Å². The molecule has 27 heavy (non-hydrogen) atoms. The number of carbonyl (C=O) groups excluding carboxylic acids is 1. The molecule has 0 radical (unpaired) electrons. The largest absolute Gasteiger partial charge is 0.498 e. The molecule has 0 bridgehead atoms. The van der Waals surface area contributed by atoms with Gasteiger partial charge in [-0.25, -0.2) is 4.79 Å². The van der Waals surface area contributed by atoms with Crippen LogP contribution in [0.1, 0.15) is 52.0 Å². The molecule has 1 saturated carbocycles. The van der Waals surface area contributed by atoms with Crippen molar-refractivity contribution in [3.05, 3.63) is 17.7 Å². The minimum atomic E-state index is -0.439. The minimum Gasteiger partial charge on any atom is -0.490 e. The topological polar surface area (TPSA) is 57.2 Å². The lowest BCUT2D eigenvalue weighted by atomic mass is 9.76. The smallest absolute Gasteiger partial charge is 0.490 e. The van der Waals surface area contributed by atoms with Gasteiger partial charge >= 0.3 is 13.2 Å². The van der Waals surface area contributed by atoms with E-state index in [2.05, 4.69) is 0 Å². The number of fused-ring (bicyclic) bond motifs is 1. The summed E-state index contributed by atoms with van der Waals surface area (Å²) in [6.45, 7) is 6.64. The molecule has 1 atom stereocenters. The first-order valence-electron chi connectivity index (χ1n) is 9.88. The Hall–Kier alpha value is -1.73. The first-order valence-corrected chi connectivity index (χ1v) is 9.88. The van der Waals surface area contributed by atoms with Crippen LogP contribution in [0.5, 0.6) is 5.75 Å². The highest BCUT2D eigenvalue weighted by molar-refractivity contribution is 6.63. The first-order chi connectivity index (χ1) is 12.9. The number of anilines is 1. The maximum absolute atomic E-state index is 12.4. The van der Waals surface area contributed by atoms with E-state index in [0.717, 1.165) is 48.1 Å². The van der Waals surface area contributed by atoms with Gasteiger partial charge in [0.2, 0.25) is 0 Å². The van der Waals surface area contributed by atoms with Crippen LogP contribution < -0.4 is 15.1 Å². The van der Waals surface area contributed by atoms with E-state index < -0.39 is 7.12 Å². The summed E-state index contributed by atoms with van der Waals surface area (Å²) in [6, 6.07) is 4.04. The summed E-state index contributed by atoms with van der Waals surface area (Å²) in [7, 11) is 0.984. The summed E-state index contributed by atoms with van der Waals surface area (Å²) in [6.07, 6.45) is 4.95. The quantitative estimate of drug-likeness (QED) is 0.763. The fourth-order valence-electron chi connectivity index (χ4n) is 3.97. The van der Waals surface area contributed by atoms with Crippen LogP contribution in [0.25, 0.3) is 0 Å². The monoisotopic (exact) mass is 373 g/mol. The average Bonchev–Trinajstić information content (AvgIpc) is 2.96. The first kappa shape index (κ1) is 18.6. The molecular formula is C20H28BNO5. The molecule has 1 aliphatic carbocycles. The van der Waals surface area contributed by atoms with Gasteiger partial charge in [-0.15, -0.1) is 0 Å². The molecule has 1 aromatic carbocycles. The molecule has 4 rings (SSSR count). The molecule has 1 aromatic rings. The number of methoxy groups -OCH3 is 1. The van der Waals surface area contributed by atoms with Gasteiger partial charge in [-0.2, -0.15) is 0 Å². The van der Waals surface area contributed by atoms with Crippen LogP contribution in [0.4, 0.5) is 10.5 Å². The van der Waals surface area contributed by atoms with Gasteiger partial charge in [0, 0.05) is 17.1 Å². The lowest BCUT2D eigenvalue weighted by Gasteiger charge is -2.37. The van der Waals surface area contributed by atoms with Crippen molar-refractivity contribution in [3.63, 3.8) is 0 Å². The standard InChI is InChI=1S/C20H28BNO5/c1-13-8-9-15-17(22(13)19(23)24-4)11-10-16(18(15)26-14-6-5-7-14)21-25-12-20(2,3)27-21/h10-11,13-14H,5-9,12H2,1-4H3. The summed E-state index contributed by atoms with van der Waals surface area (Å²) in [5.74, 6) is 0.834. The number of carbonyl (C=O) groups is 1. The molecular weight excluding hydrogens is 345 g/mol. The third-order valence-corrected chi connectivity index (χ3v) is 5.75. The van der Waals surface area contributed by atoms with E-state index in [4.69, 9.17) is 18.8 Å². The molecule has 146 valence electrons. The molecule has 0 spiro atoms. The van der Waals surface area contributed by atoms with E-state index >= 15 is 0 Å². The second-order valence-electron chi connectivity index (χ2n) is 8.40. The van der Waals surface area contributed by atoms with Crippen molar-refractivity contribution in [2.75, 3.05) is 18.6 Å². The Bertz CT molecular complexity index is 733. The highest BCUT2D eigenvalue weighted by Gasteiger charge is 2.42. The minimum absolute atomic E-state index is 0.0882. The van der Waals surface area contributed by atoms with E-state index in [1.54, 1.807) is 4.90 Å². The normalized spacial score (nSPS) is 24.4. The third kappa shape index (κ3) is 3.43. The molecule has 1 amide bonds. The number of nitrogens with zero attached hydrogens (tertiary/aromatic N) is 1. The number of ether oxygens (including phenoxy) is 2. The Morgan fingerprint density at radius 2 is 2.07 bits per heavy atom. The third-order valence-electron chi connectivity index (χ3n) is 5.75. The Morgan fingerprint density at radius 3 is 2.67 bits per heavy atom. The zero-order chi connectivity index (χ0) is 19.2. The predicted molar refractivity (Wildman–Crippen MR) is 104 cm³/mol. The summed E-state index contributed by atoms with van der Waals surface area (Å²) in [5.41, 5.74) is 2.53. The highest BCUT2D eigenvalue weighted by atomic mass is 16.7. The van der Waals surface area contributed by atoms with Crippen LogP contribution in [-0.2, 0) is 20.5 Å². The molecule has 1 unspecified atom stereocenters. The predicted octanol–water partition coefficient (Wildman–Crippen LogP) is 3.05. The van der Waals surface area contributed by atoms with E-state index in [9.17, 15) is 4.79 Å². The van der Waals surface area contributed by atoms with Gasteiger partial charge in [0.05, 0.1) is 31.1 Å². The van der Waals surface area contributed by atoms with Crippen LogP contribution in [0, 0.1) is 0 Å². The zero-order valence-electron chi connectivity index (χ0n) is 16.6. The molecule has 3 aliphatic rings. The second kappa shape index (κ2) is 7.02. The lowest BCUT2D eigenvalue weighted by Crippen LogP contribution is -2.44. The van der Waals surface area contributed by atoms with E-state index in [1.165, 1.54) is 13.5 Å². The molecule has 0 aromatic heterocycles. The Morgan fingerprint density at radius 1 is 1.30 bits per heavy atom. The van der Waals surface area contributed by atoms with Gasteiger partial charge in [0.25, 0.3) is 0 Å². The van der Waals surface area contributed by atoms with Crippen molar-refractivity contribution in [1.29, 1.82) is 0 Å². The number of hydrogen-bond acceptors (Lipinski definition) is 5. The Kier molecular flexibility index (Phi) is 4.85. The van der Waals surface area contributed by atoms with Crippen molar-refractivity contribution in [2.24, 2.45) is 0 Å². The molecule has 1 saturated heterocycles. The van der Waals surface area contributed by atoms with Crippen molar-refractivity contribution in [1.82, 2.24) is 0 Å². The molecule has 2 fully saturated rings. The van der Waals surface area contributed by atoms with Crippen LogP contribution in [0.15, 0.2) is 12.1 Å². The molecule has 2 heterocycles. The maximum atomic E-state index is 12.4. The van der Waals surface area contributed by atoms with Crippen molar-refractivity contribution < 1.29 is 23.6 Å². The zero-order valence-corrected chi connectivity index (χ0v) is 16.6. The average molecular weight is 373 g/mol. The second-order valence-corrected chi connectivity index (χ2v) is 8.40. The number of rotatable bonds is 3. The van der Waals surface area contributed by atoms with Crippen LogP contribution in [0.2, 0.25) is 0 Å². The van der Waals surface area contributed by atoms with Gasteiger partial charge in [-0.05, 0) is 58.9 Å². The van der Waals surface area contributed by atoms with Gasteiger partial charge in [0.15, 0.2) is 0 Å². The summed E-state index contributed by atoms with van der Waals surface area (Å²) in [5, 5.41) is 0. The fourth-order valence-corrected chi connectivity index (χ4v) is 3.97. The van der Waals surface area contributed by atoms with Gasteiger partial charge in [-0.3, -0.25) is 4.90 Å². The van der Waals surface area contributed by atoms with Crippen LogP contribution in [-0.4, -0.2) is 44.7 Å². The highest BCUT2D eigenvalue weighted by Crippen LogP contribution is 2.39. The van der Waals surface area contributed by atoms with E-state index in [-0.39, 0.29) is 23.8 Å². The Labute approximate surface area is 161 Å². The molecule has 0 N–H and O–H groups in total. The maximum Gasteiger partial charge on any atom is 0.498 e. The molecule has 7 heteroatoms. The summed E-state index contributed by atoms with van der Waals surface area (Å²) >= 11 is 0. The van der Waals surface area contributed by atoms with Crippen molar-refractivity contribution in [3.8, 4) is 5.75 Å². The van der Waals surface area contributed by atoms with Crippen LogP contribution in [0.3, 0.4) is 0 Å².